The van der Waals surface area contributed by atoms with E-state index in [0.29, 0.717) is 0 Å². The normalized spacial score (nSPS) is 37.4. The Balaban J connectivity index is 1.48. The van der Waals surface area contributed by atoms with Gasteiger partial charge in [0.2, 0.25) is 5.89 Å². The predicted molar refractivity (Wildman–Crippen MR) is 76.5 cm³/mol. The van der Waals surface area contributed by atoms with Crippen LogP contribution >= 0.6 is 0 Å². The van der Waals surface area contributed by atoms with Crippen molar-refractivity contribution < 1.29 is 4.52 Å². The minimum atomic E-state index is 0.190. The van der Waals surface area contributed by atoms with Crippen molar-refractivity contribution in [3.05, 3.63) is 5.89 Å². The zero-order valence-corrected chi connectivity index (χ0v) is 12.0. The van der Waals surface area contributed by atoms with Gasteiger partial charge in [0.1, 0.15) is 0 Å². The molecule has 0 unspecified atom stereocenters. The van der Waals surface area contributed by atoms with Gasteiger partial charge in [-0.05, 0) is 42.7 Å². The maximum absolute atomic E-state index is 6.21. The summed E-state index contributed by atoms with van der Waals surface area (Å²) in [7, 11) is 0. The number of nitrogens with zero attached hydrogens (tertiary/aromatic N) is 3. The van der Waals surface area contributed by atoms with Gasteiger partial charge in [-0.2, -0.15) is 4.98 Å². The predicted octanol–water partition coefficient (Wildman–Crippen LogP) is 2.29. The van der Waals surface area contributed by atoms with Crippen LogP contribution in [0.15, 0.2) is 4.52 Å². The van der Waals surface area contributed by atoms with E-state index in [1.54, 1.807) is 0 Å². The van der Waals surface area contributed by atoms with Crippen molar-refractivity contribution in [1.82, 2.24) is 10.1 Å². The van der Waals surface area contributed by atoms with Gasteiger partial charge in [0.25, 0.3) is 5.95 Å². The molecule has 1 saturated heterocycles. The molecule has 0 radical (unpaired) electrons. The fourth-order valence-corrected chi connectivity index (χ4v) is 4.37. The maximum Gasteiger partial charge on any atom is 0.266 e. The first-order chi connectivity index (χ1) is 9.81. The van der Waals surface area contributed by atoms with Gasteiger partial charge >= 0.3 is 0 Å². The molecular weight excluding hydrogens is 252 g/mol. The van der Waals surface area contributed by atoms with E-state index >= 15 is 0 Å². The Hall–Kier alpha value is -1.10. The Kier molecular flexibility index (Phi) is 3.17. The number of hydrogen-bond donors (Lipinski definition) is 1. The highest BCUT2D eigenvalue weighted by molar-refractivity contribution is 5.31. The van der Waals surface area contributed by atoms with Crippen LogP contribution in [0.25, 0.3) is 0 Å². The van der Waals surface area contributed by atoms with Crippen molar-refractivity contribution >= 4 is 5.95 Å². The first kappa shape index (κ1) is 12.6. The summed E-state index contributed by atoms with van der Waals surface area (Å²) in [6, 6.07) is 0.190. The maximum atomic E-state index is 6.21. The summed E-state index contributed by atoms with van der Waals surface area (Å²) in [5.74, 6) is 3.55. The van der Waals surface area contributed by atoms with Crippen LogP contribution in [0.1, 0.15) is 56.8 Å². The van der Waals surface area contributed by atoms with Crippen molar-refractivity contribution in [3.8, 4) is 0 Å². The van der Waals surface area contributed by atoms with Crippen molar-refractivity contribution in [1.29, 1.82) is 0 Å². The van der Waals surface area contributed by atoms with E-state index in [9.17, 15) is 0 Å². The second kappa shape index (κ2) is 5.02. The SMILES string of the molecule is N[C@H]1CCCC[C@H]1c1nc(N2C[C@H]3CCC[C@H]3C2)no1. The van der Waals surface area contributed by atoms with Crippen LogP contribution in [0.2, 0.25) is 0 Å². The van der Waals surface area contributed by atoms with Gasteiger partial charge < -0.3 is 15.2 Å². The topological polar surface area (TPSA) is 68.2 Å². The molecule has 1 aromatic heterocycles. The Morgan fingerprint density at radius 2 is 1.75 bits per heavy atom. The molecule has 0 aromatic carbocycles. The van der Waals surface area contributed by atoms with E-state index in [-0.39, 0.29) is 12.0 Å². The monoisotopic (exact) mass is 276 g/mol. The van der Waals surface area contributed by atoms with E-state index in [4.69, 9.17) is 10.3 Å². The number of aromatic nitrogens is 2. The molecule has 0 spiro atoms. The van der Waals surface area contributed by atoms with Gasteiger partial charge in [0, 0.05) is 19.1 Å². The molecule has 2 saturated carbocycles. The third-order valence-electron chi connectivity index (χ3n) is 5.58. The minimum absolute atomic E-state index is 0.190. The Labute approximate surface area is 119 Å². The fraction of sp³-hybridized carbons (Fsp3) is 0.867. The molecule has 3 aliphatic rings. The minimum Gasteiger partial charge on any atom is -0.338 e. The van der Waals surface area contributed by atoms with E-state index in [1.807, 2.05) is 0 Å². The summed E-state index contributed by atoms with van der Waals surface area (Å²) in [5.41, 5.74) is 6.21. The van der Waals surface area contributed by atoms with Crippen molar-refractivity contribution in [2.45, 2.75) is 56.9 Å². The molecule has 20 heavy (non-hydrogen) atoms. The molecule has 2 N–H and O–H groups in total. The first-order valence-electron chi connectivity index (χ1n) is 8.15. The Morgan fingerprint density at radius 1 is 1.00 bits per heavy atom. The third-order valence-corrected chi connectivity index (χ3v) is 5.58. The average Bonchev–Trinajstić information content (AvgIpc) is 3.13. The number of fused-ring (bicyclic) bond motifs is 1. The molecule has 5 heteroatoms. The highest BCUT2D eigenvalue weighted by Gasteiger charge is 2.38. The second-order valence-electron chi connectivity index (χ2n) is 6.84. The number of nitrogens with two attached hydrogens (primary N) is 1. The number of hydrogen-bond acceptors (Lipinski definition) is 5. The summed E-state index contributed by atoms with van der Waals surface area (Å²) in [5, 5.41) is 4.22. The molecule has 2 aliphatic carbocycles. The highest BCUT2D eigenvalue weighted by atomic mass is 16.5. The standard InChI is InChI=1S/C15H24N4O/c16-13-7-2-1-6-12(13)14-17-15(18-20-14)19-8-10-4-3-5-11(10)9-19/h10-13H,1-9,16H2/t10-,11+,12-,13+/m1/s1. The molecule has 3 fully saturated rings. The molecule has 0 bridgehead atoms. The summed E-state index contributed by atoms with van der Waals surface area (Å²) >= 11 is 0. The molecule has 5 nitrogen and oxygen atoms in total. The van der Waals surface area contributed by atoms with Crippen molar-refractivity contribution in [2.24, 2.45) is 17.6 Å². The zero-order valence-electron chi connectivity index (χ0n) is 12.0. The summed E-state index contributed by atoms with van der Waals surface area (Å²) in [6.45, 7) is 2.22. The summed E-state index contributed by atoms with van der Waals surface area (Å²) in [4.78, 5) is 6.98. The lowest BCUT2D eigenvalue weighted by atomic mass is 9.85. The highest BCUT2D eigenvalue weighted by Crippen LogP contribution is 2.39. The Bertz CT molecular complexity index is 462. The van der Waals surface area contributed by atoms with Crippen LogP contribution in [0.3, 0.4) is 0 Å². The lowest BCUT2D eigenvalue weighted by molar-refractivity contribution is 0.290. The lowest BCUT2D eigenvalue weighted by Gasteiger charge is -2.25. The van der Waals surface area contributed by atoms with E-state index in [2.05, 4.69) is 15.0 Å². The molecular formula is C15H24N4O. The van der Waals surface area contributed by atoms with E-state index in [1.165, 1.54) is 32.1 Å². The molecule has 4 rings (SSSR count). The quantitative estimate of drug-likeness (QED) is 0.897. The van der Waals surface area contributed by atoms with Gasteiger partial charge in [-0.1, -0.05) is 19.3 Å². The van der Waals surface area contributed by atoms with Crippen LogP contribution in [0, 0.1) is 11.8 Å². The second-order valence-corrected chi connectivity index (χ2v) is 6.84. The molecule has 1 aromatic rings. The first-order valence-corrected chi connectivity index (χ1v) is 8.15. The van der Waals surface area contributed by atoms with Crippen LogP contribution in [-0.4, -0.2) is 29.3 Å². The summed E-state index contributed by atoms with van der Waals surface area (Å²) in [6.07, 6.45) is 8.78. The molecule has 1 aliphatic heterocycles. The molecule has 0 amide bonds. The molecule has 4 atom stereocenters. The number of anilines is 1. The van der Waals surface area contributed by atoms with Crippen molar-refractivity contribution in [2.75, 3.05) is 18.0 Å². The van der Waals surface area contributed by atoms with Gasteiger partial charge in [0.05, 0.1) is 5.92 Å². The van der Waals surface area contributed by atoms with Crippen molar-refractivity contribution in [3.63, 3.8) is 0 Å². The lowest BCUT2D eigenvalue weighted by Crippen LogP contribution is -2.31. The summed E-state index contributed by atoms with van der Waals surface area (Å²) < 4.78 is 5.53. The van der Waals surface area contributed by atoms with Gasteiger partial charge in [-0.25, -0.2) is 0 Å². The van der Waals surface area contributed by atoms with Crippen LogP contribution in [-0.2, 0) is 0 Å². The molecule has 2 heterocycles. The largest absolute Gasteiger partial charge is 0.338 e. The van der Waals surface area contributed by atoms with Crippen LogP contribution in [0.4, 0.5) is 5.95 Å². The van der Waals surface area contributed by atoms with Gasteiger partial charge in [-0.3, -0.25) is 0 Å². The smallest absolute Gasteiger partial charge is 0.266 e. The van der Waals surface area contributed by atoms with E-state index < -0.39 is 0 Å². The Morgan fingerprint density at radius 3 is 2.50 bits per heavy atom. The third kappa shape index (κ3) is 2.12. The van der Waals surface area contributed by atoms with E-state index in [0.717, 1.165) is 49.6 Å². The van der Waals surface area contributed by atoms with Gasteiger partial charge in [0.15, 0.2) is 0 Å². The van der Waals surface area contributed by atoms with Crippen LogP contribution in [0.5, 0.6) is 0 Å². The zero-order chi connectivity index (χ0) is 13.5. The van der Waals surface area contributed by atoms with Gasteiger partial charge in [-0.15, -0.1) is 0 Å². The average molecular weight is 276 g/mol. The number of rotatable bonds is 2. The fourth-order valence-electron chi connectivity index (χ4n) is 4.37. The van der Waals surface area contributed by atoms with Crippen LogP contribution < -0.4 is 10.6 Å². The molecule has 110 valence electrons.